The molecule has 0 heterocycles. The zero-order valence-electron chi connectivity index (χ0n) is 8.69. The second kappa shape index (κ2) is 5.43. The van der Waals surface area contributed by atoms with E-state index in [0.717, 1.165) is 24.9 Å². The third-order valence-electron chi connectivity index (χ3n) is 2.25. The molecule has 0 aromatic heterocycles. The highest BCUT2D eigenvalue weighted by Gasteiger charge is 2.01. The molecule has 14 heavy (non-hydrogen) atoms. The first-order valence-electron chi connectivity index (χ1n) is 4.84. The molecule has 0 spiro atoms. The zero-order chi connectivity index (χ0) is 10.4. The summed E-state index contributed by atoms with van der Waals surface area (Å²) in [7, 11) is 1.66. The Bertz CT molecular complexity index is 294. The van der Waals surface area contributed by atoms with E-state index in [4.69, 9.17) is 4.74 Å². The van der Waals surface area contributed by atoms with Crippen molar-refractivity contribution >= 4 is 6.29 Å². The molecule has 0 aliphatic rings. The fourth-order valence-corrected chi connectivity index (χ4v) is 1.29. The number of aryl methyl sites for hydroxylation is 1. The van der Waals surface area contributed by atoms with Gasteiger partial charge in [-0.3, -0.25) is 0 Å². The van der Waals surface area contributed by atoms with Crippen molar-refractivity contribution in [2.45, 2.75) is 19.8 Å². The van der Waals surface area contributed by atoms with Crippen LogP contribution in [0.5, 0.6) is 5.75 Å². The Kier molecular flexibility index (Phi) is 4.17. The van der Waals surface area contributed by atoms with Gasteiger partial charge in [-0.2, -0.15) is 0 Å². The van der Waals surface area contributed by atoms with Gasteiger partial charge in [-0.1, -0.05) is 19.1 Å². The van der Waals surface area contributed by atoms with Gasteiger partial charge in [0.25, 0.3) is 0 Å². The number of aldehydes is 1. The highest BCUT2D eigenvalue weighted by atomic mass is 16.5. The van der Waals surface area contributed by atoms with E-state index in [0.29, 0.717) is 0 Å². The van der Waals surface area contributed by atoms with Crippen molar-refractivity contribution in [1.29, 1.82) is 0 Å². The van der Waals surface area contributed by atoms with E-state index in [1.807, 2.05) is 25.1 Å². The molecule has 0 aliphatic heterocycles. The summed E-state index contributed by atoms with van der Waals surface area (Å²) in [5, 5.41) is 0. The van der Waals surface area contributed by atoms with Crippen LogP contribution in [0.2, 0.25) is 0 Å². The van der Waals surface area contributed by atoms with Gasteiger partial charge in [-0.05, 0) is 30.5 Å². The lowest BCUT2D eigenvalue weighted by atomic mass is 10.0. The fraction of sp³-hybridized carbons (Fsp3) is 0.417. The minimum Gasteiger partial charge on any atom is -0.497 e. The molecule has 0 radical (unpaired) electrons. The van der Waals surface area contributed by atoms with Crippen molar-refractivity contribution in [2.24, 2.45) is 5.92 Å². The van der Waals surface area contributed by atoms with Crippen LogP contribution in [-0.4, -0.2) is 13.4 Å². The van der Waals surface area contributed by atoms with E-state index >= 15 is 0 Å². The summed E-state index contributed by atoms with van der Waals surface area (Å²) >= 11 is 0. The monoisotopic (exact) mass is 192 g/mol. The number of carbonyl (C=O) groups is 1. The lowest BCUT2D eigenvalue weighted by Gasteiger charge is -2.05. The maximum absolute atomic E-state index is 10.4. The number of rotatable bonds is 5. The zero-order valence-corrected chi connectivity index (χ0v) is 8.69. The van der Waals surface area contributed by atoms with Gasteiger partial charge < -0.3 is 9.53 Å². The molecule has 0 aliphatic carbocycles. The molecule has 0 saturated heterocycles. The van der Waals surface area contributed by atoms with Crippen LogP contribution in [0.25, 0.3) is 0 Å². The van der Waals surface area contributed by atoms with E-state index in [1.54, 1.807) is 7.11 Å². The van der Waals surface area contributed by atoms with Crippen LogP contribution in [-0.2, 0) is 11.2 Å². The molecule has 0 bridgehead atoms. The molecule has 0 fully saturated rings. The van der Waals surface area contributed by atoms with Crippen LogP contribution in [0.3, 0.4) is 0 Å². The lowest BCUT2D eigenvalue weighted by molar-refractivity contribution is -0.110. The molecule has 0 saturated carbocycles. The highest BCUT2D eigenvalue weighted by Crippen LogP contribution is 2.15. The first kappa shape index (κ1) is 10.8. The van der Waals surface area contributed by atoms with Crippen LogP contribution in [0.1, 0.15) is 18.9 Å². The van der Waals surface area contributed by atoms with Crippen molar-refractivity contribution in [2.75, 3.05) is 7.11 Å². The molecule has 1 aromatic rings. The SMILES string of the molecule is COc1cccc(CCC(C)C=O)c1. The Balaban J connectivity index is 2.54. The molecule has 76 valence electrons. The molecule has 2 heteroatoms. The molecule has 1 rings (SSSR count). The summed E-state index contributed by atoms with van der Waals surface area (Å²) in [4.78, 5) is 10.4. The second-order valence-electron chi connectivity index (χ2n) is 3.50. The molecular formula is C12H16O2. The van der Waals surface area contributed by atoms with Crippen LogP contribution >= 0.6 is 0 Å². The van der Waals surface area contributed by atoms with Gasteiger partial charge in [0.2, 0.25) is 0 Å². The minimum atomic E-state index is 0.140. The van der Waals surface area contributed by atoms with Gasteiger partial charge in [0, 0.05) is 5.92 Å². The maximum Gasteiger partial charge on any atom is 0.122 e. The average Bonchev–Trinajstić information content (AvgIpc) is 2.26. The van der Waals surface area contributed by atoms with Crippen molar-refractivity contribution in [3.8, 4) is 5.75 Å². The quantitative estimate of drug-likeness (QED) is 0.670. The number of ether oxygens (including phenoxy) is 1. The van der Waals surface area contributed by atoms with Crippen LogP contribution in [0.4, 0.5) is 0 Å². The average molecular weight is 192 g/mol. The summed E-state index contributed by atoms with van der Waals surface area (Å²) in [5.74, 6) is 1.02. The Labute approximate surface area is 84.9 Å². The first-order chi connectivity index (χ1) is 6.76. The molecule has 0 amide bonds. The van der Waals surface area contributed by atoms with Crippen LogP contribution < -0.4 is 4.74 Å². The smallest absolute Gasteiger partial charge is 0.122 e. The van der Waals surface area contributed by atoms with E-state index in [2.05, 4.69) is 6.07 Å². The van der Waals surface area contributed by atoms with Gasteiger partial charge in [0.1, 0.15) is 12.0 Å². The standard InChI is InChI=1S/C12H16O2/c1-10(9-13)6-7-11-4-3-5-12(8-11)14-2/h3-5,8-10H,6-7H2,1-2H3. The predicted octanol–water partition coefficient (Wildman–Crippen LogP) is 2.46. The summed E-state index contributed by atoms with van der Waals surface area (Å²) in [5.41, 5.74) is 1.22. The molecular weight excluding hydrogens is 176 g/mol. The van der Waals surface area contributed by atoms with Crippen LogP contribution in [0.15, 0.2) is 24.3 Å². The van der Waals surface area contributed by atoms with E-state index < -0.39 is 0 Å². The maximum atomic E-state index is 10.4. The minimum absolute atomic E-state index is 0.140. The Morgan fingerprint density at radius 1 is 1.50 bits per heavy atom. The molecule has 1 unspecified atom stereocenters. The third kappa shape index (κ3) is 3.21. The van der Waals surface area contributed by atoms with Gasteiger partial charge in [-0.25, -0.2) is 0 Å². The normalized spacial score (nSPS) is 12.1. The summed E-state index contributed by atoms with van der Waals surface area (Å²) in [6, 6.07) is 7.96. The van der Waals surface area contributed by atoms with Gasteiger partial charge >= 0.3 is 0 Å². The van der Waals surface area contributed by atoms with Gasteiger partial charge in [0.15, 0.2) is 0 Å². The molecule has 1 atom stereocenters. The number of benzene rings is 1. The van der Waals surface area contributed by atoms with Crippen molar-refractivity contribution in [3.63, 3.8) is 0 Å². The van der Waals surface area contributed by atoms with Crippen molar-refractivity contribution < 1.29 is 9.53 Å². The summed E-state index contributed by atoms with van der Waals surface area (Å²) < 4.78 is 5.12. The Hall–Kier alpha value is -1.31. The Morgan fingerprint density at radius 2 is 2.29 bits per heavy atom. The second-order valence-corrected chi connectivity index (χ2v) is 3.50. The Morgan fingerprint density at radius 3 is 2.93 bits per heavy atom. The number of carbonyl (C=O) groups excluding carboxylic acids is 1. The predicted molar refractivity (Wildman–Crippen MR) is 56.5 cm³/mol. The number of hydrogen-bond donors (Lipinski definition) is 0. The molecule has 0 N–H and O–H groups in total. The summed E-state index contributed by atoms with van der Waals surface area (Å²) in [6.45, 7) is 1.94. The molecule has 2 nitrogen and oxygen atoms in total. The number of hydrogen-bond acceptors (Lipinski definition) is 2. The van der Waals surface area contributed by atoms with Crippen molar-refractivity contribution in [1.82, 2.24) is 0 Å². The highest BCUT2D eigenvalue weighted by molar-refractivity contribution is 5.52. The molecule has 1 aromatic carbocycles. The summed E-state index contributed by atoms with van der Waals surface area (Å²) in [6.07, 6.45) is 2.83. The van der Waals surface area contributed by atoms with Gasteiger partial charge in [0.05, 0.1) is 7.11 Å². The van der Waals surface area contributed by atoms with Crippen LogP contribution in [0, 0.1) is 5.92 Å². The van der Waals surface area contributed by atoms with E-state index in [9.17, 15) is 4.79 Å². The van der Waals surface area contributed by atoms with Crippen molar-refractivity contribution in [3.05, 3.63) is 29.8 Å². The largest absolute Gasteiger partial charge is 0.497 e. The fourth-order valence-electron chi connectivity index (χ4n) is 1.29. The van der Waals surface area contributed by atoms with E-state index in [-0.39, 0.29) is 5.92 Å². The lowest BCUT2D eigenvalue weighted by Crippen LogP contribution is -1.98. The third-order valence-corrected chi connectivity index (χ3v) is 2.25. The first-order valence-corrected chi connectivity index (χ1v) is 4.84. The van der Waals surface area contributed by atoms with E-state index in [1.165, 1.54) is 5.56 Å². The van der Waals surface area contributed by atoms with Gasteiger partial charge in [-0.15, -0.1) is 0 Å². The topological polar surface area (TPSA) is 26.3 Å². The number of methoxy groups -OCH3 is 1.